The van der Waals surface area contributed by atoms with Crippen LogP contribution < -0.4 is 15.5 Å². The first-order valence-corrected chi connectivity index (χ1v) is 10.6. The minimum atomic E-state index is -0.0919. The van der Waals surface area contributed by atoms with Crippen LogP contribution in [-0.4, -0.2) is 67.0 Å². The Morgan fingerprint density at radius 3 is 2.61 bits per heavy atom. The Bertz CT molecular complexity index is 713. The molecule has 2 N–H and O–H groups in total. The van der Waals surface area contributed by atoms with Gasteiger partial charge in [-0.1, -0.05) is 0 Å². The number of likely N-dealkylation sites (tertiary alicyclic amines) is 1. The van der Waals surface area contributed by atoms with E-state index in [0.717, 1.165) is 70.5 Å². The van der Waals surface area contributed by atoms with E-state index in [2.05, 4.69) is 25.4 Å². The fourth-order valence-electron chi connectivity index (χ4n) is 4.50. The van der Waals surface area contributed by atoms with Gasteiger partial charge in [0.05, 0.1) is 11.5 Å². The highest BCUT2D eigenvalue weighted by Gasteiger charge is 2.34. The number of hydrogen-bond acceptors (Lipinski definition) is 5. The van der Waals surface area contributed by atoms with Crippen molar-refractivity contribution in [1.29, 1.82) is 0 Å². The number of nitrogens with zero attached hydrogens (tertiary/aromatic N) is 3. The number of carbonyl (C=O) groups excluding carboxylic acids is 2. The fourth-order valence-corrected chi connectivity index (χ4v) is 4.50. The molecule has 7 nitrogen and oxygen atoms in total. The standard InChI is InChI=1S/C21H31N5O2/c1-22-21(28)18-5-2-10-23-19(18)25-12-8-17(9-13-25)26-11-3-4-15(14-26)20(27)24-16-6-7-16/h2,5,10,15-17H,3-4,6-9,11-14H2,1H3,(H,22,28)(H,24,27). The third kappa shape index (κ3) is 4.29. The Hall–Kier alpha value is -2.15. The van der Waals surface area contributed by atoms with Crippen LogP contribution in [0.25, 0.3) is 0 Å². The van der Waals surface area contributed by atoms with E-state index >= 15 is 0 Å². The number of piperidine rings is 2. The van der Waals surface area contributed by atoms with Gasteiger partial charge in [0, 0.05) is 45.0 Å². The normalized spacial score (nSPS) is 24.0. The van der Waals surface area contributed by atoms with Gasteiger partial charge in [-0.15, -0.1) is 0 Å². The summed E-state index contributed by atoms with van der Waals surface area (Å²) in [5, 5.41) is 5.88. The number of carbonyl (C=O) groups is 2. The topological polar surface area (TPSA) is 77.6 Å². The van der Waals surface area contributed by atoms with Crippen molar-refractivity contribution < 1.29 is 9.59 Å². The second kappa shape index (κ2) is 8.47. The van der Waals surface area contributed by atoms with Crippen molar-refractivity contribution in [3.8, 4) is 0 Å². The average Bonchev–Trinajstić information content (AvgIpc) is 3.57. The van der Waals surface area contributed by atoms with Crippen molar-refractivity contribution >= 4 is 17.6 Å². The Labute approximate surface area is 166 Å². The molecule has 4 rings (SSSR count). The zero-order valence-electron chi connectivity index (χ0n) is 16.7. The molecule has 3 aliphatic rings. The SMILES string of the molecule is CNC(=O)c1cccnc1N1CCC(N2CCCC(C(=O)NC3CC3)C2)CC1. The fraction of sp³-hybridized carbons (Fsp3) is 0.667. The zero-order valence-corrected chi connectivity index (χ0v) is 16.7. The first-order chi connectivity index (χ1) is 13.7. The minimum Gasteiger partial charge on any atom is -0.356 e. The lowest BCUT2D eigenvalue weighted by Crippen LogP contribution is -2.51. The second-order valence-electron chi connectivity index (χ2n) is 8.29. The Morgan fingerprint density at radius 2 is 1.89 bits per heavy atom. The van der Waals surface area contributed by atoms with Gasteiger partial charge in [-0.3, -0.25) is 14.5 Å². The van der Waals surface area contributed by atoms with Gasteiger partial charge in [-0.05, 0) is 57.2 Å². The van der Waals surface area contributed by atoms with Crippen LogP contribution in [0.4, 0.5) is 5.82 Å². The molecule has 3 fully saturated rings. The molecule has 0 aromatic carbocycles. The summed E-state index contributed by atoms with van der Waals surface area (Å²) in [6.07, 6.45) is 8.24. The largest absolute Gasteiger partial charge is 0.356 e. The van der Waals surface area contributed by atoms with Crippen molar-refractivity contribution in [2.24, 2.45) is 5.92 Å². The number of hydrogen-bond donors (Lipinski definition) is 2. The Balaban J connectivity index is 1.34. The first-order valence-electron chi connectivity index (χ1n) is 10.6. The quantitative estimate of drug-likeness (QED) is 0.801. The summed E-state index contributed by atoms with van der Waals surface area (Å²) in [4.78, 5) is 33.8. The molecule has 1 unspecified atom stereocenters. The van der Waals surface area contributed by atoms with E-state index in [4.69, 9.17) is 0 Å². The molecule has 0 spiro atoms. The number of pyridine rings is 1. The van der Waals surface area contributed by atoms with Gasteiger partial charge in [0.15, 0.2) is 0 Å². The van der Waals surface area contributed by atoms with E-state index in [1.807, 2.05) is 6.07 Å². The maximum absolute atomic E-state index is 12.5. The molecule has 28 heavy (non-hydrogen) atoms. The van der Waals surface area contributed by atoms with Crippen LogP contribution in [0.1, 0.15) is 48.9 Å². The van der Waals surface area contributed by atoms with Gasteiger partial charge in [0.25, 0.3) is 5.91 Å². The molecule has 1 atom stereocenters. The molecule has 3 heterocycles. The van der Waals surface area contributed by atoms with Crippen LogP contribution in [-0.2, 0) is 4.79 Å². The average molecular weight is 386 g/mol. The molecule has 0 bridgehead atoms. The van der Waals surface area contributed by atoms with E-state index in [1.165, 1.54) is 0 Å². The summed E-state index contributed by atoms with van der Waals surface area (Å²) in [5.41, 5.74) is 0.637. The molecule has 2 amide bonds. The van der Waals surface area contributed by atoms with Crippen molar-refractivity contribution in [2.45, 2.75) is 50.6 Å². The smallest absolute Gasteiger partial charge is 0.254 e. The lowest BCUT2D eigenvalue weighted by Gasteiger charge is -2.42. The summed E-state index contributed by atoms with van der Waals surface area (Å²) in [7, 11) is 1.65. The van der Waals surface area contributed by atoms with E-state index in [0.29, 0.717) is 17.6 Å². The van der Waals surface area contributed by atoms with Gasteiger partial charge in [0.2, 0.25) is 5.91 Å². The summed E-state index contributed by atoms with van der Waals surface area (Å²) >= 11 is 0. The van der Waals surface area contributed by atoms with Crippen LogP contribution in [0.5, 0.6) is 0 Å². The molecule has 152 valence electrons. The number of rotatable bonds is 5. The van der Waals surface area contributed by atoms with Crippen molar-refractivity contribution in [2.75, 3.05) is 38.1 Å². The lowest BCUT2D eigenvalue weighted by atomic mass is 9.93. The van der Waals surface area contributed by atoms with Gasteiger partial charge < -0.3 is 15.5 Å². The summed E-state index contributed by atoms with van der Waals surface area (Å²) in [6.45, 7) is 3.75. The molecule has 1 aliphatic carbocycles. The Morgan fingerprint density at radius 1 is 1.11 bits per heavy atom. The molecular formula is C21H31N5O2. The zero-order chi connectivity index (χ0) is 19.5. The highest BCUT2D eigenvalue weighted by molar-refractivity contribution is 5.98. The number of amides is 2. The minimum absolute atomic E-state index is 0.0919. The lowest BCUT2D eigenvalue weighted by molar-refractivity contribution is -0.127. The van der Waals surface area contributed by atoms with Crippen LogP contribution in [0.15, 0.2) is 18.3 Å². The van der Waals surface area contributed by atoms with Gasteiger partial charge in [-0.2, -0.15) is 0 Å². The molecule has 1 aromatic heterocycles. The van der Waals surface area contributed by atoms with E-state index in [9.17, 15) is 9.59 Å². The summed E-state index contributed by atoms with van der Waals surface area (Å²) in [5.74, 6) is 1.09. The molecule has 7 heteroatoms. The third-order valence-corrected chi connectivity index (χ3v) is 6.29. The molecule has 0 radical (unpaired) electrons. The van der Waals surface area contributed by atoms with Crippen LogP contribution >= 0.6 is 0 Å². The summed E-state index contributed by atoms with van der Waals surface area (Å²) < 4.78 is 0. The maximum Gasteiger partial charge on any atom is 0.254 e. The second-order valence-corrected chi connectivity index (χ2v) is 8.29. The highest BCUT2D eigenvalue weighted by atomic mass is 16.2. The van der Waals surface area contributed by atoms with Crippen molar-refractivity contribution in [3.63, 3.8) is 0 Å². The molecule has 2 saturated heterocycles. The molecule has 2 aliphatic heterocycles. The molecule has 1 saturated carbocycles. The van der Waals surface area contributed by atoms with Gasteiger partial charge in [0.1, 0.15) is 5.82 Å². The maximum atomic E-state index is 12.5. The number of nitrogens with one attached hydrogen (secondary N) is 2. The van der Waals surface area contributed by atoms with Gasteiger partial charge in [-0.25, -0.2) is 4.98 Å². The van der Waals surface area contributed by atoms with E-state index < -0.39 is 0 Å². The highest BCUT2D eigenvalue weighted by Crippen LogP contribution is 2.28. The van der Waals surface area contributed by atoms with Crippen molar-refractivity contribution in [1.82, 2.24) is 20.5 Å². The predicted octanol–water partition coefficient (Wildman–Crippen LogP) is 1.40. The third-order valence-electron chi connectivity index (χ3n) is 6.29. The van der Waals surface area contributed by atoms with E-state index in [1.54, 1.807) is 19.3 Å². The van der Waals surface area contributed by atoms with Crippen LogP contribution in [0, 0.1) is 5.92 Å². The molecule has 1 aromatic rings. The van der Waals surface area contributed by atoms with Gasteiger partial charge >= 0.3 is 0 Å². The van der Waals surface area contributed by atoms with Crippen molar-refractivity contribution in [3.05, 3.63) is 23.9 Å². The molecular weight excluding hydrogens is 354 g/mol. The van der Waals surface area contributed by atoms with E-state index in [-0.39, 0.29) is 17.7 Å². The first kappa shape index (κ1) is 19.2. The summed E-state index contributed by atoms with van der Waals surface area (Å²) in [6, 6.07) is 4.60. The number of anilines is 1. The predicted molar refractivity (Wildman–Crippen MR) is 108 cm³/mol. The number of aromatic nitrogens is 1. The monoisotopic (exact) mass is 385 g/mol. The Kier molecular flexibility index (Phi) is 5.80. The van der Waals surface area contributed by atoms with Crippen LogP contribution in [0.2, 0.25) is 0 Å². The van der Waals surface area contributed by atoms with Crippen LogP contribution in [0.3, 0.4) is 0 Å².